The Morgan fingerprint density at radius 3 is 2.46 bits per heavy atom. The van der Waals surface area contributed by atoms with Crippen molar-refractivity contribution in [2.75, 3.05) is 19.1 Å². The summed E-state index contributed by atoms with van der Waals surface area (Å²) >= 11 is 2.75. The average molecular weight is 431 g/mol. The van der Waals surface area contributed by atoms with Crippen LogP contribution in [0.5, 0.6) is 0 Å². The molecule has 0 aliphatic carbocycles. The highest BCUT2D eigenvalue weighted by atomic mass is 32.2. The van der Waals surface area contributed by atoms with Crippen LogP contribution < -0.4 is 0 Å². The Kier molecular flexibility index (Phi) is 7.08. The van der Waals surface area contributed by atoms with E-state index in [0.717, 1.165) is 0 Å². The Hall–Kier alpha value is -1.68. The van der Waals surface area contributed by atoms with Crippen molar-refractivity contribution in [2.24, 2.45) is 4.99 Å². The van der Waals surface area contributed by atoms with Gasteiger partial charge in [-0.3, -0.25) is 14.5 Å². The number of β-lactam (4-membered cyclic amide) rings is 1. The van der Waals surface area contributed by atoms with Crippen molar-refractivity contribution in [3.8, 4) is 0 Å². The lowest BCUT2D eigenvalue weighted by molar-refractivity contribution is -0.158. The molecule has 0 aromatic heterocycles. The van der Waals surface area contributed by atoms with Gasteiger partial charge in [0.2, 0.25) is 0 Å². The van der Waals surface area contributed by atoms with Gasteiger partial charge in [0, 0.05) is 25.2 Å². The lowest BCUT2D eigenvalue weighted by Crippen LogP contribution is -2.65. The van der Waals surface area contributed by atoms with Crippen LogP contribution in [0.3, 0.4) is 0 Å². The number of methoxy groups -OCH3 is 1. The van der Waals surface area contributed by atoms with Crippen LogP contribution in [0.4, 0.5) is 0 Å². The van der Waals surface area contributed by atoms with Crippen molar-refractivity contribution in [2.45, 2.75) is 57.1 Å². The summed E-state index contributed by atoms with van der Waals surface area (Å²) in [6.07, 6.45) is 1.77. The minimum atomic E-state index is -0.732. The van der Waals surface area contributed by atoms with Gasteiger partial charge in [0.05, 0.1) is 7.11 Å². The second kappa shape index (κ2) is 8.77. The molecule has 1 saturated heterocycles. The number of fused-ring (bicyclic) bond motifs is 1. The predicted molar refractivity (Wildman–Crippen MR) is 109 cm³/mol. The molecule has 0 radical (unpaired) electrons. The van der Waals surface area contributed by atoms with Crippen LogP contribution in [0, 0.1) is 0 Å². The normalized spacial score (nSPS) is 23.6. The number of carbonyl (C=O) groups excluding carboxylic acids is 3. The number of nitrogens with zero attached hydrogens (tertiary/aromatic N) is 2. The van der Waals surface area contributed by atoms with Gasteiger partial charge in [0.1, 0.15) is 16.7 Å². The van der Waals surface area contributed by atoms with Gasteiger partial charge < -0.3 is 14.2 Å². The third-order valence-electron chi connectivity index (χ3n) is 3.95. The highest BCUT2D eigenvalue weighted by Gasteiger charge is 2.55. The van der Waals surface area contributed by atoms with Gasteiger partial charge in [-0.05, 0) is 27.0 Å². The number of hydrogen-bond donors (Lipinski definition) is 0. The third-order valence-corrected chi connectivity index (χ3v) is 6.05. The highest BCUT2D eigenvalue weighted by Crippen LogP contribution is 2.44. The molecule has 2 rings (SSSR count). The first kappa shape index (κ1) is 22.6. The summed E-state index contributed by atoms with van der Waals surface area (Å²) in [5, 5.41) is -0.330. The molecule has 156 valence electrons. The zero-order chi connectivity index (χ0) is 21.2. The van der Waals surface area contributed by atoms with Crippen molar-refractivity contribution in [1.82, 2.24) is 4.90 Å². The summed E-state index contributed by atoms with van der Waals surface area (Å²) in [4.78, 5) is 42.9. The highest BCUT2D eigenvalue weighted by molar-refractivity contribution is 8.01. The molecule has 1 unspecified atom stereocenters. The molecule has 1 amide bonds. The van der Waals surface area contributed by atoms with Gasteiger partial charge in [-0.25, -0.2) is 9.79 Å². The van der Waals surface area contributed by atoms with Gasteiger partial charge in [-0.15, -0.1) is 23.5 Å². The van der Waals surface area contributed by atoms with Crippen LogP contribution in [-0.2, 0) is 28.6 Å². The van der Waals surface area contributed by atoms with E-state index in [4.69, 9.17) is 14.2 Å². The third kappa shape index (κ3) is 4.83. The second-order valence-corrected chi connectivity index (χ2v) is 9.26. The van der Waals surface area contributed by atoms with Gasteiger partial charge >= 0.3 is 11.9 Å². The Morgan fingerprint density at radius 2 is 1.96 bits per heavy atom. The van der Waals surface area contributed by atoms with E-state index in [0.29, 0.717) is 17.2 Å². The lowest BCUT2D eigenvalue weighted by Gasteiger charge is -2.48. The molecule has 0 aromatic rings. The van der Waals surface area contributed by atoms with Gasteiger partial charge in [0.15, 0.2) is 17.4 Å². The van der Waals surface area contributed by atoms with Crippen LogP contribution in [0.25, 0.3) is 0 Å². The van der Waals surface area contributed by atoms with Gasteiger partial charge in [-0.2, -0.15) is 0 Å². The van der Waals surface area contributed by atoms with Crippen molar-refractivity contribution < 1.29 is 28.6 Å². The summed E-state index contributed by atoms with van der Waals surface area (Å²) in [5.41, 5.74) is -0.711. The van der Waals surface area contributed by atoms with E-state index >= 15 is 0 Å². The minimum Gasteiger partial charge on any atom is -0.484 e. The zero-order valence-electron chi connectivity index (χ0n) is 17.1. The summed E-state index contributed by atoms with van der Waals surface area (Å²) in [6, 6.07) is -0.620. The fourth-order valence-electron chi connectivity index (χ4n) is 2.77. The maximum Gasteiger partial charge on any atom is 0.355 e. The van der Waals surface area contributed by atoms with E-state index in [1.54, 1.807) is 34.0 Å². The van der Waals surface area contributed by atoms with Crippen LogP contribution >= 0.6 is 23.5 Å². The molecule has 0 bridgehead atoms. The quantitative estimate of drug-likeness (QED) is 0.215. The molecule has 28 heavy (non-hydrogen) atoms. The topological polar surface area (TPSA) is 94.5 Å². The maximum absolute atomic E-state index is 13.0. The fraction of sp³-hybridized carbons (Fsp3) is 0.667. The average Bonchev–Trinajstić information content (AvgIpc) is 2.60. The van der Waals surface area contributed by atoms with Crippen LogP contribution in [0.15, 0.2) is 16.3 Å². The van der Waals surface area contributed by atoms with E-state index < -0.39 is 29.0 Å². The first-order valence-electron chi connectivity index (χ1n) is 8.69. The van der Waals surface area contributed by atoms with E-state index in [1.807, 2.05) is 0 Å². The monoisotopic (exact) mass is 430 g/mol. The number of ether oxygens (including phenoxy) is 3. The molecule has 8 nitrogen and oxygen atoms in total. The van der Waals surface area contributed by atoms with Crippen molar-refractivity contribution in [3.63, 3.8) is 0 Å². The summed E-state index contributed by atoms with van der Waals surface area (Å²) in [5.74, 6) is -0.572. The molecule has 2 aliphatic rings. The Bertz CT molecular complexity index is 728. The fourth-order valence-corrected chi connectivity index (χ4v) is 4.94. The molecule has 0 N–H and O–H groups in total. The number of esters is 2. The molecular formula is C18H26N2O6S2. The summed E-state index contributed by atoms with van der Waals surface area (Å²) < 4.78 is 15.9. The molecule has 10 heteroatoms. The largest absolute Gasteiger partial charge is 0.484 e. The lowest BCUT2D eigenvalue weighted by atomic mass is 10.0. The van der Waals surface area contributed by atoms with E-state index in [-0.39, 0.29) is 17.0 Å². The minimum absolute atomic E-state index is 0.144. The molecular weight excluding hydrogens is 404 g/mol. The predicted octanol–water partition coefficient (Wildman–Crippen LogP) is 2.18. The maximum atomic E-state index is 13.0. The van der Waals surface area contributed by atoms with Gasteiger partial charge in [-0.1, -0.05) is 0 Å². The number of rotatable bonds is 5. The van der Waals surface area contributed by atoms with E-state index in [2.05, 4.69) is 4.99 Å². The molecule has 2 aliphatic heterocycles. The molecule has 2 heterocycles. The van der Waals surface area contributed by atoms with Crippen LogP contribution in [0.2, 0.25) is 0 Å². The SMILES string of the molecule is COC(C)=N[C@H]1C(=O)N2C(C(=O)OC(C)(C)C)=C(C(OC(C)=O)SC)CS[C@H]12. The number of thioether (sulfide) groups is 2. The number of hydrogen-bond acceptors (Lipinski definition) is 9. The standard InChI is InChI=1S/C18H26N2O6S2/c1-9(24-6)19-12-14(22)20-13(16(23)26-18(3,4)5)11(8-28-15(12)20)17(27-7)25-10(2)21/h12,15,17H,8H2,1-7H3/t12-,15+,17?/m0/s1. The zero-order valence-corrected chi connectivity index (χ0v) is 18.7. The second-order valence-electron chi connectivity index (χ2n) is 7.26. The first-order chi connectivity index (χ1) is 13.0. The Labute approximate surface area is 173 Å². The number of carbonyl (C=O) groups is 3. The first-order valence-corrected chi connectivity index (χ1v) is 11.0. The van der Waals surface area contributed by atoms with Crippen LogP contribution in [-0.4, -0.2) is 70.2 Å². The van der Waals surface area contributed by atoms with E-state index in [9.17, 15) is 14.4 Å². The Balaban J connectivity index is 2.45. The molecule has 3 atom stereocenters. The summed E-state index contributed by atoms with van der Waals surface area (Å²) in [6.45, 7) is 8.24. The van der Waals surface area contributed by atoms with Crippen molar-refractivity contribution in [1.29, 1.82) is 0 Å². The summed E-state index contributed by atoms with van der Waals surface area (Å²) in [7, 11) is 1.49. The smallest absolute Gasteiger partial charge is 0.355 e. The van der Waals surface area contributed by atoms with Gasteiger partial charge in [0.25, 0.3) is 5.91 Å². The molecule has 0 spiro atoms. The molecule has 0 saturated carbocycles. The van der Waals surface area contributed by atoms with E-state index in [1.165, 1.54) is 42.5 Å². The number of amides is 1. The van der Waals surface area contributed by atoms with Crippen molar-refractivity contribution >= 4 is 47.3 Å². The Morgan fingerprint density at radius 1 is 1.32 bits per heavy atom. The van der Waals surface area contributed by atoms with Crippen LogP contribution in [0.1, 0.15) is 34.6 Å². The van der Waals surface area contributed by atoms with Crippen molar-refractivity contribution in [3.05, 3.63) is 11.3 Å². The number of aliphatic imine (C=N–C) groups is 1. The molecule has 0 aromatic carbocycles. The molecule has 1 fully saturated rings.